The van der Waals surface area contributed by atoms with Crippen molar-refractivity contribution < 1.29 is 52.4 Å². The van der Waals surface area contributed by atoms with E-state index in [9.17, 15) is 24.0 Å². The summed E-state index contributed by atoms with van der Waals surface area (Å²) in [6, 6.07) is 0. The highest BCUT2D eigenvalue weighted by Gasteiger charge is 2.55. The van der Waals surface area contributed by atoms with Crippen LogP contribution >= 0.6 is 0 Å². The number of rotatable bonds is 12. The average Bonchev–Trinajstić information content (AvgIpc) is 3.11. The predicted molar refractivity (Wildman–Crippen MR) is 107 cm³/mol. The predicted octanol–water partition coefficient (Wildman–Crippen LogP) is 1.58. The van der Waals surface area contributed by atoms with Crippen LogP contribution in [0.1, 0.15) is 66.7 Å². The lowest BCUT2D eigenvalue weighted by molar-refractivity contribution is -0.205. The van der Waals surface area contributed by atoms with Gasteiger partial charge in [0.15, 0.2) is 12.2 Å². The molecule has 0 spiro atoms. The van der Waals surface area contributed by atoms with Gasteiger partial charge in [0, 0.05) is 32.1 Å². The zero-order valence-electron chi connectivity index (χ0n) is 19.1. The van der Waals surface area contributed by atoms with E-state index in [1.165, 1.54) is 0 Å². The van der Waals surface area contributed by atoms with E-state index in [1.54, 1.807) is 34.6 Å². The van der Waals surface area contributed by atoms with Crippen molar-refractivity contribution in [2.75, 3.05) is 6.61 Å². The molecule has 182 valence electrons. The maximum absolute atomic E-state index is 12.1. The highest BCUT2D eigenvalue weighted by atomic mass is 16.8. The molecule has 0 bridgehead atoms. The highest BCUT2D eigenvalue weighted by molar-refractivity contribution is 5.72. The molecule has 1 rings (SSSR count). The molecule has 32 heavy (non-hydrogen) atoms. The number of esters is 5. The van der Waals surface area contributed by atoms with Crippen LogP contribution in [0.2, 0.25) is 0 Å². The molecule has 1 fully saturated rings. The number of carbonyl (C=O) groups excluding carboxylic acids is 5. The third kappa shape index (κ3) is 8.10. The minimum absolute atomic E-state index is 0.00130. The molecule has 1 aliphatic heterocycles. The Labute approximate surface area is 187 Å². The van der Waals surface area contributed by atoms with Crippen LogP contribution < -0.4 is 0 Å². The molecule has 11 nitrogen and oxygen atoms in total. The standard InChI is InChI=1S/C21H32O11/c1-6-13(22)27-11-12(28-14(23)7-2)18-19(29-15(24)8-3)20(30-16(25)9-4)21(32-18)31-17(26)10-5/h12,18-21H,6-11H2,1-5H3/t12-,18-,19+,20-,21-/m1/s1. The van der Waals surface area contributed by atoms with E-state index in [4.69, 9.17) is 28.4 Å². The van der Waals surface area contributed by atoms with Gasteiger partial charge >= 0.3 is 29.8 Å². The quantitative estimate of drug-likeness (QED) is 0.309. The van der Waals surface area contributed by atoms with E-state index in [1.807, 2.05) is 0 Å². The van der Waals surface area contributed by atoms with Crippen molar-refractivity contribution in [2.45, 2.75) is 97.4 Å². The van der Waals surface area contributed by atoms with E-state index >= 15 is 0 Å². The van der Waals surface area contributed by atoms with Crippen LogP contribution in [0.25, 0.3) is 0 Å². The number of ether oxygens (including phenoxy) is 6. The summed E-state index contributed by atoms with van der Waals surface area (Å²) < 4.78 is 32.3. The fraction of sp³-hybridized carbons (Fsp3) is 0.762. The highest BCUT2D eigenvalue weighted by Crippen LogP contribution is 2.32. The van der Waals surface area contributed by atoms with Gasteiger partial charge in [0.25, 0.3) is 0 Å². The lowest BCUT2D eigenvalue weighted by atomic mass is 10.1. The molecule has 1 saturated heterocycles. The lowest BCUT2D eigenvalue weighted by Crippen LogP contribution is -2.47. The van der Waals surface area contributed by atoms with Crippen LogP contribution in [0.4, 0.5) is 0 Å². The van der Waals surface area contributed by atoms with Crippen molar-refractivity contribution in [2.24, 2.45) is 0 Å². The van der Waals surface area contributed by atoms with Crippen LogP contribution in [-0.4, -0.2) is 67.2 Å². The summed E-state index contributed by atoms with van der Waals surface area (Å²) in [5.41, 5.74) is 0. The van der Waals surface area contributed by atoms with Gasteiger partial charge in [-0.15, -0.1) is 0 Å². The molecule has 0 saturated carbocycles. The summed E-state index contributed by atoms with van der Waals surface area (Å²) in [4.78, 5) is 59.7. The van der Waals surface area contributed by atoms with Crippen molar-refractivity contribution in [3.63, 3.8) is 0 Å². The molecule has 0 aromatic heterocycles. The minimum Gasteiger partial charge on any atom is -0.462 e. The first-order valence-electron chi connectivity index (χ1n) is 10.8. The van der Waals surface area contributed by atoms with Crippen LogP contribution in [0.15, 0.2) is 0 Å². The Morgan fingerprint density at radius 1 is 0.656 bits per heavy atom. The zero-order valence-corrected chi connectivity index (χ0v) is 19.1. The number of hydrogen-bond donors (Lipinski definition) is 0. The van der Waals surface area contributed by atoms with Crippen LogP contribution in [0.5, 0.6) is 0 Å². The second-order valence-corrected chi connectivity index (χ2v) is 6.85. The summed E-state index contributed by atoms with van der Waals surface area (Å²) in [6.07, 6.45) is -6.30. The largest absolute Gasteiger partial charge is 0.462 e. The fourth-order valence-electron chi connectivity index (χ4n) is 2.71. The van der Waals surface area contributed by atoms with Gasteiger partial charge in [0.1, 0.15) is 12.7 Å². The smallest absolute Gasteiger partial charge is 0.307 e. The molecular weight excluding hydrogens is 428 g/mol. The topological polar surface area (TPSA) is 141 Å². The lowest BCUT2D eigenvalue weighted by Gasteiger charge is -2.28. The Bertz CT molecular complexity index is 675. The van der Waals surface area contributed by atoms with Gasteiger partial charge in [-0.3, -0.25) is 24.0 Å². The zero-order chi connectivity index (χ0) is 24.3. The van der Waals surface area contributed by atoms with Crippen molar-refractivity contribution in [3.8, 4) is 0 Å². The summed E-state index contributed by atoms with van der Waals surface area (Å²) >= 11 is 0. The normalized spacial score (nSPS) is 23.0. The van der Waals surface area contributed by atoms with E-state index < -0.39 is 67.2 Å². The fourth-order valence-corrected chi connectivity index (χ4v) is 2.71. The van der Waals surface area contributed by atoms with E-state index in [2.05, 4.69) is 0 Å². The third-order valence-corrected chi connectivity index (χ3v) is 4.49. The first-order chi connectivity index (χ1) is 15.2. The van der Waals surface area contributed by atoms with E-state index in [0.29, 0.717) is 0 Å². The minimum atomic E-state index is -1.41. The van der Waals surface area contributed by atoms with Gasteiger partial charge in [-0.1, -0.05) is 34.6 Å². The van der Waals surface area contributed by atoms with E-state index in [-0.39, 0.29) is 32.1 Å². The van der Waals surface area contributed by atoms with Crippen molar-refractivity contribution in [1.82, 2.24) is 0 Å². The molecule has 11 heteroatoms. The van der Waals surface area contributed by atoms with Gasteiger partial charge in [-0.05, 0) is 0 Å². The monoisotopic (exact) mass is 460 g/mol. The molecule has 1 heterocycles. The van der Waals surface area contributed by atoms with Crippen molar-refractivity contribution in [1.29, 1.82) is 0 Å². The van der Waals surface area contributed by atoms with Gasteiger partial charge in [-0.25, -0.2) is 0 Å². The molecule has 0 amide bonds. The first-order valence-corrected chi connectivity index (χ1v) is 10.8. The Morgan fingerprint density at radius 2 is 1.12 bits per heavy atom. The molecule has 0 unspecified atom stereocenters. The van der Waals surface area contributed by atoms with Crippen LogP contribution in [-0.2, 0) is 52.4 Å². The second kappa shape index (κ2) is 13.7. The number of carbonyl (C=O) groups is 5. The molecule has 1 aliphatic rings. The van der Waals surface area contributed by atoms with Gasteiger partial charge < -0.3 is 28.4 Å². The summed E-state index contributed by atoms with van der Waals surface area (Å²) in [5, 5.41) is 0. The van der Waals surface area contributed by atoms with Crippen molar-refractivity contribution >= 4 is 29.8 Å². The molecule has 0 aliphatic carbocycles. The third-order valence-electron chi connectivity index (χ3n) is 4.49. The van der Waals surface area contributed by atoms with Gasteiger partial charge in [0.2, 0.25) is 12.4 Å². The molecular formula is C21H32O11. The molecule has 0 N–H and O–H groups in total. The van der Waals surface area contributed by atoms with E-state index in [0.717, 1.165) is 0 Å². The Kier molecular flexibility index (Phi) is 11.7. The summed E-state index contributed by atoms with van der Waals surface area (Å²) in [6.45, 7) is 7.45. The second-order valence-electron chi connectivity index (χ2n) is 6.85. The Balaban J connectivity index is 3.31. The molecule has 0 radical (unpaired) electrons. The molecule has 0 aromatic rings. The summed E-state index contributed by atoms with van der Waals surface area (Å²) in [5.74, 6) is -3.11. The maximum atomic E-state index is 12.1. The molecule has 5 atom stereocenters. The first kappa shape index (κ1) is 27.3. The maximum Gasteiger partial charge on any atom is 0.307 e. The summed E-state index contributed by atoms with van der Waals surface area (Å²) in [7, 11) is 0. The van der Waals surface area contributed by atoms with Gasteiger partial charge in [-0.2, -0.15) is 0 Å². The van der Waals surface area contributed by atoms with Gasteiger partial charge in [0.05, 0.1) is 0 Å². The van der Waals surface area contributed by atoms with Crippen LogP contribution in [0.3, 0.4) is 0 Å². The van der Waals surface area contributed by atoms with Crippen molar-refractivity contribution in [3.05, 3.63) is 0 Å². The molecule has 0 aromatic carbocycles. The Morgan fingerprint density at radius 3 is 1.62 bits per heavy atom. The SMILES string of the molecule is CCC(=O)OC[C@@H](OC(=O)CC)[C@H]1O[C@@H](OC(=O)CC)[C@H](OC(=O)CC)[C@H]1OC(=O)CC. The Hall–Kier alpha value is -2.69. The van der Waals surface area contributed by atoms with Crippen LogP contribution in [0, 0.1) is 0 Å². The average molecular weight is 460 g/mol. The number of hydrogen-bond acceptors (Lipinski definition) is 11.